The van der Waals surface area contributed by atoms with Crippen LogP contribution in [0, 0.1) is 17.1 Å². The number of nitrogens with one attached hydrogen (secondary N) is 1. The Morgan fingerprint density at radius 2 is 2.31 bits per heavy atom. The van der Waals surface area contributed by atoms with Crippen LogP contribution in [0.5, 0.6) is 0 Å². The Morgan fingerprint density at radius 3 is 3.00 bits per heavy atom. The first kappa shape index (κ1) is 12.7. The first-order chi connectivity index (χ1) is 7.65. The predicted octanol–water partition coefficient (Wildman–Crippen LogP) is 2.62. The van der Waals surface area contributed by atoms with Gasteiger partial charge in [0.2, 0.25) is 0 Å². The second kappa shape index (κ2) is 6.23. The van der Waals surface area contributed by atoms with Crippen LogP contribution < -0.4 is 5.32 Å². The van der Waals surface area contributed by atoms with Gasteiger partial charge in [-0.25, -0.2) is 4.39 Å². The minimum atomic E-state index is -0.453. The van der Waals surface area contributed by atoms with Crippen molar-refractivity contribution < 1.29 is 9.18 Å². The van der Waals surface area contributed by atoms with Crippen LogP contribution in [0.3, 0.4) is 0 Å². The third-order valence-electron chi connectivity index (χ3n) is 1.92. The van der Waals surface area contributed by atoms with Crippen molar-refractivity contribution in [1.82, 2.24) is 5.32 Å². The molecule has 1 rings (SSSR count). The molecule has 3 nitrogen and oxygen atoms in total. The average Bonchev–Trinajstić information content (AvgIpc) is 2.27. The van der Waals surface area contributed by atoms with E-state index >= 15 is 0 Å². The SMILES string of the molecule is N#CCCCNC(=O)c1cc(F)ccc1Br. The lowest BCUT2D eigenvalue weighted by atomic mass is 10.2. The third kappa shape index (κ3) is 3.63. The lowest BCUT2D eigenvalue weighted by Crippen LogP contribution is -2.24. The maximum Gasteiger partial charge on any atom is 0.252 e. The number of carbonyl (C=O) groups excluding carboxylic acids is 1. The summed E-state index contributed by atoms with van der Waals surface area (Å²) in [4.78, 5) is 11.6. The van der Waals surface area contributed by atoms with Crippen molar-refractivity contribution in [3.63, 3.8) is 0 Å². The average molecular weight is 285 g/mol. The van der Waals surface area contributed by atoms with E-state index in [0.29, 0.717) is 23.9 Å². The van der Waals surface area contributed by atoms with Crippen LogP contribution >= 0.6 is 15.9 Å². The molecule has 84 valence electrons. The van der Waals surface area contributed by atoms with Crippen molar-refractivity contribution in [2.45, 2.75) is 12.8 Å². The maximum absolute atomic E-state index is 12.9. The third-order valence-corrected chi connectivity index (χ3v) is 2.62. The standard InChI is InChI=1S/C11H10BrFN2O/c12-10-4-3-8(13)7-9(10)11(16)15-6-2-1-5-14/h3-4,7H,1-2,6H2,(H,15,16). The van der Waals surface area contributed by atoms with E-state index in [9.17, 15) is 9.18 Å². The van der Waals surface area contributed by atoms with Gasteiger partial charge in [-0.2, -0.15) is 5.26 Å². The van der Waals surface area contributed by atoms with E-state index in [2.05, 4.69) is 21.2 Å². The fourth-order valence-corrected chi connectivity index (χ4v) is 1.56. The molecule has 0 fully saturated rings. The Morgan fingerprint density at radius 1 is 1.56 bits per heavy atom. The van der Waals surface area contributed by atoms with Crippen molar-refractivity contribution >= 4 is 21.8 Å². The van der Waals surface area contributed by atoms with Crippen molar-refractivity contribution in [3.05, 3.63) is 34.1 Å². The molecular weight excluding hydrogens is 275 g/mol. The molecule has 0 unspecified atom stereocenters. The van der Waals surface area contributed by atoms with Gasteiger partial charge < -0.3 is 5.32 Å². The van der Waals surface area contributed by atoms with Gasteiger partial charge in [0.05, 0.1) is 11.6 Å². The van der Waals surface area contributed by atoms with Crippen LogP contribution in [0.2, 0.25) is 0 Å². The highest BCUT2D eigenvalue weighted by Crippen LogP contribution is 2.17. The summed E-state index contributed by atoms with van der Waals surface area (Å²) in [6, 6.07) is 5.91. The lowest BCUT2D eigenvalue weighted by molar-refractivity contribution is 0.0952. The number of rotatable bonds is 4. The predicted molar refractivity (Wildman–Crippen MR) is 61.3 cm³/mol. The Labute approximate surface area is 101 Å². The topological polar surface area (TPSA) is 52.9 Å². The number of halogens is 2. The van der Waals surface area contributed by atoms with Gasteiger partial charge in [-0.1, -0.05) is 0 Å². The van der Waals surface area contributed by atoms with E-state index in [1.54, 1.807) is 0 Å². The van der Waals surface area contributed by atoms with Crippen molar-refractivity contribution in [2.24, 2.45) is 0 Å². The first-order valence-electron chi connectivity index (χ1n) is 4.75. The zero-order chi connectivity index (χ0) is 12.0. The van der Waals surface area contributed by atoms with Crippen LogP contribution in [-0.2, 0) is 0 Å². The van der Waals surface area contributed by atoms with Crippen molar-refractivity contribution in [3.8, 4) is 6.07 Å². The van der Waals surface area contributed by atoms with Gasteiger partial charge in [0.15, 0.2) is 0 Å². The zero-order valence-electron chi connectivity index (χ0n) is 8.46. The Bertz CT molecular complexity index is 428. The summed E-state index contributed by atoms with van der Waals surface area (Å²) in [5.74, 6) is -0.797. The van der Waals surface area contributed by atoms with Crippen LogP contribution in [-0.4, -0.2) is 12.5 Å². The number of unbranched alkanes of at least 4 members (excludes halogenated alkanes) is 1. The summed E-state index contributed by atoms with van der Waals surface area (Å²) in [7, 11) is 0. The van der Waals surface area contributed by atoms with Crippen molar-refractivity contribution in [1.29, 1.82) is 5.26 Å². The number of hydrogen-bond acceptors (Lipinski definition) is 2. The summed E-state index contributed by atoms with van der Waals surface area (Å²) in [6.07, 6.45) is 0.986. The van der Waals surface area contributed by atoms with E-state index in [1.165, 1.54) is 18.2 Å². The second-order valence-electron chi connectivity index (χ2n) is 3.14. The van der Waals surface area contributed by atoms with Crippen LogP contribution in [0.1, 0.15) is 23.2 Å². The fourth-order valence-electron chi connectivity index (χ4n) is 1.14. The molecule has 0 spiro atoms. The molecule has 0 saturated heterocycles. The van der Waals surface area contributed by atoms with Gasteiger partial charge in [0.25, 0.3) is 5.91 Å². The van der Waals surface area contributed by atoms with Gasteiger partial charge in [-0.05, 0) is 40.5 Å². The van der Waals surface area contributed by atoms with Gasteiger partial charge >= 0.3 is 0 Å². The highest BCUT2D eigenvalue weighted by Gasteiger charge is 2.10. The smallest absolute Gasteiger partial charge is 0.252 e. The molecule has 0 aliphatic carbocycles. The highest BCUT2D eigenvalue weighted by molar-refractivity contribution is 9.10. The number of nitrogens with zero attached hydrogens (tertiary/aromatic N) is 1. The molecule has 0 aromatic heterocycles. The molecule has 1 aromatic rings. The number of benzene rings is 1. The lowest BCUT2D eigenvalue weighted by Gasteiger charge is -2.05. The van der Waals surface area contributed by atoms with Crippen molar-refractivity contribution in [2.75, 3.05) is 6.54 Å². The largest absolute Gasteiger partial charge is 0.352 e. The zero-order valence-corrected chi connectivity index (χ0v) is 10.1. The molecular formula is C11H10BrFN2O. The highest BCUT2D eigenvalue weighted by atomic mass is 79.9. The molecule has 16 heavy (non-hydrogen) atoms. The molecule has 0 aliphatic heterocycles. The van der Waals surface area contributed by atoms with Crippen LogP contribution in [0.4, 0.5) is 4.39 Å². The number of nitriles is 1. The molecule has 1 N–H and O–H groups in total. The molecule has 1 aromatic carbocycles. The summed E-state index contributed by atoms with van der Waals surface area (Å²) >= 11 is 3.17. The van der Waals surface area contributed by atoms with Crippen LogP contribution in [0.25, 0.3) is 0 Å². The summed E-state index contributed by atoms with van der Waals surface area (Å²) in [6.45, 7) is 0.412. The molecule has 5 heteroatoms. The molecule has 0 heterocycles. The minimum absolute atomic E-state index is 0.261. The maximum atomic E-state index is 12.9. The molecule has 0 saturated carbocycles. The van der Waals surface area contributed by atoms with E-state index < -0.39 is 5.82 Å². The minimum Gasteiger partial charge on any atom is -0.352 e. The number of amides is 1. The van der Waals surface area contributed by atoms with Crippen LogP contribution in [0.15, 0.2) is 22.7 Å². The first-order valence-corrected chi connectivity index (χ1v) is 5.54. The fraction of sp³-hybridized carbons (Fsp3) is 0.273. The molecule has 0 bridgehead atoms. The van der Waals surface area contributed by atoms with Gasteiger partial charge in [-0.15, -0.1) is 0 Å². The normalized spacial score (nSPS) is 9.56. The summed E-state index contributed by atoms with van der Waals surface area (Å²) in [5, 5.41) is 10.9. The Hall–Kier alpha value is -1.41. The number of carbonyl (C=O) groups is 1. The molecule has 0 aliphatic rings. The van der Waals surface area contributed by atoms with Gasteiger partial charge in [0, 0.05) is 17.4 Å². The summed E-state index contributed by atoms with van der Waals surface area (Å²) in [5.41, 5.74) is 0.261. The quantitative estimate of drug-likeness (QED) is 0.864. The van der Waals surface area contributed by atoms with E-state index in [0.717, 1.165) is 0 Å². The number of hydrogen-bond donors (Lipinski definition) is 1. The van der Waals surface area contributed by atoms with E-state index in [1.807, 2.05) is 6.07 Å². The summed E-state index contributed by atoms with van der Waals surface area (Å²) < 4.78 is 13.5. The van der Waals surface area contributed by atoms with Gasteiger partial charge in [0.1, 0.15) is 5.82 Å². The monoisotopic (exact) mass is 284 g/mol. The Balaban J connectivity index is 2.59. The Kier molecular flexibility index (Phi) is 4.93. The molecule has 0 atom stereocenters. The molecule has 1 amide bonds. The molecule has 0 radical (unpaired) electrons. The van der Waals surface area contributed by atoms with Gasteiger partial charge in [-0.3, -0.25) is 4.79 Å². The second-order valence-corrected chi connectivity index (χ2v) is 4.00. The van der Waals surface area contributed by atoms with E-state index in [4.69, 9.17) is 5.26 Å². The van der Waals surface area contributed by atoms with E-state index in [-0.39, 0.29) is 11.5 Å².